The monoisotopic (exact) mass is 250 g/mol. The first-order chi connectivity index (χ1) is 5.97. The maximum atomic E-state index is 5.59. The van der Waals surface area contributed by atoms with Crippen LogP contribution in [0.25, 0.3) is 0 Å². The maximum absolute atomic E-state index is 5.59. The highest BCUT2D eigenvalue weighted by Gasteiger charge is 2.07. The second-order valence-electron chi connectivity index (χ2n) is 4.35. The van der Waals surface area contributed by atoms with Gasteiger partial charge in [0.25, 0.3) is 0 Å². The van der Waals surface area contributed by atoms with E-state index in [1.807, 2.05) is 24.3 Å². The molecule has 0 saturated carbocycles. The Hall–Kier alpha value is -0.440. The summed E-state index contributed by atoms with van der Waals surface area (Å²) >= 11 is 0. The Bertz CT molecular complexity index is 265. The van der Waals surface area contributed by atoms with Crippen molar-refractivity contribution in [3.8, 4) is 0 Å². The molecule has 0 saturated heterocycles. The van der Waals surface area contributed by atoms with Crippen LogP contribution in [-0.4, -0.2) is 5.54 Å². The summed E-state index contributed by atoms with van der Waals surface area (Å²) in [4.78, 5) is 0. The van der Waals surface area contributed by atoms with Gasteiger partial charge in [0.2, 0.25) is 0 Å². The number of rotatable bonds is 2. The summed E-state index contributed by atoms with van der Waals surface area (Å²) in [6, 6.07) is 7.96. The average molecular weight is 251 g/mol. The minimum Gasteiger partial charge on any atom is -0.399 e. The minimum atomic E-state index is 0. The number of benzene rings is 1. The standard InChI is InChI=1S/C11H18N2.2ClH/c1-11(2,3)13-8-9-4-6-10(12)7-5-9;;/h4-7,13H,8,12H2,1-3H3;2*1H. The molecule has 0 heterocycles. The van der Waals surface area contributed by atoms with Crippen molar-refractivity contribution in [2.75, 3.05) is 5.73 Å². The topological polar surface area (TPSA) is 38.0 Å². The van der Waals surface area contributed by atoms with Crippen LogP contribution in [0, 0.1) is 0 Å². The zero-order valence-electron chi connectivity index (χ0n) is 9.41. The van der Waals surface area contributed by atoms with E-state index in [1.54, 1.807) is 0 Å². The molecule has 0 unspecified atom stereocenters. The van der Waals surface area contributed by atoms with Crippen LogP contribution in [0.4, 0.5) is 5.69 Å². The van der Waals surface area contributed by atoms with Crippen LogP contribution in [0.2, 0.25) is 0 Å². The molecule has 0 atom stereocenters. The molecule has 4 heteroatoms. The van der Waals surface area contributed by atoms with Crippen molar-refractivity contribution < 1.29 is 0 Å². The SMILES string of the molecule is CC(C)(C)NCc1ccc(N)cc1.Cl.Cl. The Morgan fingerprint density at radius 1 is 1.07 bits per heavy atom. The third kappa shape index (κ3) is 7.48. The fraction of sp³-hybridized carbons (Fsp3) is 0.455. The van der Waals surface area contributed by atoms with Crippen molar-refractivity contribution in [2.45, 2.75) is 32.9 Å². The number of anilines is 1. The van der Waals surface area contributed by atoms with Gasteiger partial charge in [-0.3, -0.25) is 0 Å². The van der Waals surface area contributed by atoms with Gasteiger partial charge < -0.3 is 11.1 Å². The summed E-state index contributed by atoms with van der Waals surface area (Å²) in [6.45, 7) is 7.36. The number of halogens is 2. The predicted molar refractivity (Wildman–Crippen MR) is 71.9 cm³/mol. The summed E-state index contributed by atoms with van der Waals surface area (Å²) in [5.41, 5.74) is 7.84. The zero-order valence-corrected chi connectivity index (χ0v) is 11.0. The van der Waals surface area contributed by atoms with Crippen LogP contribution >= 0.6 is 24.8 Å². The van der Waals surface area contributed by atoms with E-state index >= 15 is 0 Å². The Kier molecular flexibility index (Phi) is 7.85. The van der Waals surface area contributed by atoms with E-state index < -0.39 is 0 Å². The van der Waals surface area contributed by atoms with E-state index in [-0.39, 0.29) is 30.4 Å². The van der Waals surface area contributed by atoms with Gasteiger partial charge in [0.15, 0.2) is 0 Å². The van der Waals surface area contributed by atoms with Crippen molar-refractivity contribution >= 4 is 30.5 Å². The van der Waals surface area contributed by atoms with Crippen LogP contribution in [0.5, 0.6) is 0 Å². The van der Waals surface area contributed by atoms with Gasteiger partial charge in [-0.05, 0) is 38.5 Å². The third-order valence-electron chi connectivity index (χ3n) is 1.80. The molecule has 15 heavy (non-hydrogen) atoms. The second kappa shape index (κ2) is 6.94. The maximum Gasteiger partial charge on any atom is 0.0314 e. The van der Waals surface area contributed by atoms with Crippen LogP contribution in [0.1, 0.15) is 26.3 Å². The second-order valence-corrected chi connectivity index (χ2v) is 4.35. The smallest absolute Gasteiger partial charge is 0.0314 e. The lowest BCUT2D eigenvalue weighted by Gasteiger charge is -2.20. The van der Waals surface area contributed by atoms with Gasteiger partial charge in [0, 0.05) is 17.8 Å². The molecule has 0 fully saturated rings. The first kappa shape index (κ1) is 17.0. The van der Waals surface area contributed by atoms with E-state index in [9.17, 15) is 0 Å². The van der Waals surface area contributed by atoms with Gasteiger partial charge in [0.05, 0.1) is 0 Å². The van der Waals surface area contributed by atoms with Crippen molar-refractivity contribution in [1.82, 2.24) is 5.32 Å². The molecular weight excluding hydrogens is 231 g/mol. The molecule has 3 N–H and O–H groups in total. The highest BCUT2D eigenvalue weighted by molar-refractivity contribution is 5.85. The summed E-state index contributed by atoms with van der Waals surface area (Å²) in [5, 5.41) is 3.42. The van der Waals surface area contributed by atoms with Crippen LogP contribution in [0.15, 0.2) is 24.3 Å². The Morgan fingerprint density at radius 3 is 1.93 bits per heavy atom. The summed E-state index contributed by atoms with van der Waals surface area (Å²) in [6.07, 6.45) is 0. The summed E-state index contributed by atoms with van der Waals surface area (Å²) in [7, 11) is 0. The number of hydrogen-bond donors (Lipinski definition) is 2. The highest BCUT2D eigenvalue weighted by atomic mass is 35.5. The van der Waals surface area contributed by atoms with Crippen molar-refractivity contribution in [3.63, 3.8) is 0 Å². The molecule has 2 nitrogen and oxygen atoms in total. The molecular formula is C11H20Cl2N2. The Labute approximate surface area is 104 Å². The first-order valence-electron chi connectivity index (χ1n) is 4.57. The molecule has 1 aromatic carbocycles. The van der Waals surface area contributed by atoms with E-state index in [2.05, 4.69) is 26.1 Å². The average Bonchev–Trinajstić information content (AvgIpc) is 2.02. The zero-order chi connectivity index (χ0) is 9.90. The van der Waals surface area contributed by atoms with E-state index in [0.717, 1.165) is 12.2 Å². The molecule has 0 amide bonds. The number of nitrogen functional groups attached to an aromatic ring is 1. The van der Waals surface area contributed by atoms with Crippen LogP contribution in [0.3, 0.4) is 0 Å². The van der Waals surface area contributed by atoms with Gasteiger partial charge in [-0.2, -0.15) is 0 Å². The molecule has 1 rings (SSSR count). The Morgan fingerprint density at radius 2 is 1.53 bits per heavy atom. The van der Waals surface area contributed by atoms with E-state index in [0.29, 0.717) is 0 Å². The largest absolute Gasteiger partial charge is 0.399 e. The molecule has 0 radical (unpaired) electrons. The predicted octanol–water partition coefficient (Wildman–Crippen LogP) is 3.00. The molecule has 0 aliphatic rings. The highest BCUT2D eigenvalue weighted by Crippen LogP contribution is 2.07. The van der Waals surface area contributed by atoms with Gasteiger partial charge in [-0.15, -0.1) is 24.8 Å². The fourth-order valence-corrected chi connectivity index (χ4v) is 1.00. The molecule has 0 aliphatic heterocycles. The molecule has 88 valence electrons. The van der Waals surface area contributed by atoms with Gasteiger partial charge in [0.1, 0.15) is 0 Å². The number of hydrogen-bond acceptors (Lipinski definition) is 2. The number of nitrogens with two attached hydrogens (primary N) is 1. The first-order valence-corrected chi connectivity index (χ1v) is 4.57. The van der Waals surface area contributed by atoms with Crippen molar-refractivity contribution in [3.05, 3.63) is 29.8 Å². The van der Waals surface area contributed by atoms with E-state index in [4.69, 9.17) is 5.73 Å². The quantitative estimate of drug-likeness (QED) is 0.793. The molecule has 0 aromatic heterocycles. The lowest BCUT2D eigenvalue weighted by Crippen LogP contribution is -2.35. The van der Waals surface area contributed by atoms with Gasteiger partial charge in [-0.25, -0.2) is 0 Å². The lowest BCUT2D eigenvalue weighted by atomic mass is 10.1. The summed E-state index contributed by atoms with van der Waals surface area (Å²) < 4.78 is 0. The summed E-state index contributed by atoms with van der Waals surface area (Å²) in [5.74, 6) is 0. The molecule has 0 spiro atoms. The van der Waals surface area contributed by atoms with E-state index in [1.165, 1.54) is 5.56 Å². The van der Waals surface area contributed by atoms with Gasteiger partial charge >= 0.3 is 0 Å². The molecule has 1 aromatic rings. The normalized spacial score (nSPS) is 10.1. The van der Waals surface area contributed by atoms with Gasteiger partial charge in [-0.1, -0.05) is 12.1 Å². The van der Waals surface area contributed by atoms with Crippen molar-refractivity contribution in [2.24, 2.45) is 0 Å². The van der Waals surface area contributed by atoms with Crippen LogP contribution in [-0.2, 0) is 6.54 Å². The van der Waals surface area contributed by atoms with Crippen molar-refractivity contribution in [1.29, 1.82) is 0 Å². The fourth-order valence-electron chi connectivity index (χ4n) is 1.00. The molecule has 0 bridgehead atoms. The number of nitrogens with one attached hydrogen (secondary N) is 1. The third-order valence-corrected chi connectivity index (χ3v) is 1.80. The Balaban J connectivity index is 0. The minimum absolute atomic E-state index is 0. The van der Waals surface area contributed by atoms with Crippen LogP contribution < -0.4 is 11.1 Å². The lowest BCUT2D eigenvalue weighted by molar-refractivity contribution is 0.424. The molecule has 0 aliphatic carbocycles.